The van der Waals surface area contributed by atoms with Crippen LogP contribution in [-0.4, -0.2) is 49.0 Å². The summed E-state index contributed by atoms with van der Waals surface area (Å²) in [7, 11) is 0. The summed E-state index contributed by atoms with van der Waals surface area (Å²) >= 11 is 0. The van der Waals surface area contributed by atoms with Crippen LogP contribution in [0, 0.1) is 0 Å². The van der Waals surface area contributed by atoms with Crippen molar-refractivity contribution in [1.82, 2.24) is 15.5 Å². The molecule has 4 rings (SSSR count). The van der Waals surface area contributed by atoms with Gasteiger partial charge in [0.1, 0.15) is 5.75 Å². The lowest BCUT2D eigenvalue weighted by atomic mass is 9.79. The minimum atomic E-state index is -0.457. The monoisotopic (exact) mass is 449 g/mol. The molecule has 1 heterocycles. The second kappa shape index (κ2) is 10.8. The van der Waals surface area contributed by atoms with Crippen LogP contribution in [0.5, 0.6) is 5.75 Å². The molecule has 0 spiro atoms. The number of amides is 2. The van der Waals surface area contributed by atoms with Crippen LogP contribution in [0.15, 0.2) is 54.6 Å². The lowest BCUT2D eigenvalue weighted by Crippen LogP contribution is -2.56. The molecule has 1 unspecified atom stereocenters. The van der Waals surface area contributed by atoms with Crippen LogP contribution in [0.1, 0.15) is 50.2 Å². The van der Waals surface area contributed by atoms with Crippen molar-refractivity contribution in [2.45, 2.75) is 57.0 Å². The quantitative estimate of drug-likeness (QED) is 0.616. The molecule has 1 atom stereocenters. The molecule has 2 N–H and O–H groups in total. The number of hydrogen-bond acceptors (Lipinski definition) is 4. The molecule has 2 fully saturated rings. The molecule has 2 aromatic carbocycles. The van der Waals surface area contributed by atoms with Crippen molar-refractivity contribution < 1.29 is 14.3 Å². The summed E-state index contributed by atoms with van der Waals surface area (Å²) in [6, 6.07) is 18.0. The highest BCUT2D eigenvalue weighted by molar-refractivity contribution is 5.88. The van der Waals surface area contributed by atoms with Crippen molar-refractivity contribution in [2.24, 2.45) is 0 Å². The van der Waals surface area contributed by atoms with Crippen LogP contribution in [0.4, 0.5) is 0 Å². The lowest BCUT2D eigenvalue weighted by molar-refractivity contribution is -0.134. The lowest BCUT2D eigenvalue weighted by Gasteiger charge is -2.35. The molecule has 1 aliphatic heterocycles. The van der Waals surface area contributed by atoms with Gasteiger partial charge in [-0.3, -0.25) is 14.5 Å². The summed E-state index contributed by atoms with van der Waals surface area (Å²) < 4.78 is 5.52. The molecule has 1 aliphatic carbocycles. The summed E-state index contributed by atoms with van der Waals surface area (Å²) in [5.74, 6) is 0.713. The van der Waals surface area contributed by atoms with E-state index in [0.29, 0.717) is 26.2 Å². The van der Waals surface area contributed by atoms with Gasteiger partial charge in [0.2, 0.25) is 11.8 Å². The molecule has 6 nitrogen and oxygen atoms in total. The highest BCUT2D eigenvalue weighted by Crippen LogP contribution is 2.40. The van der Waals surface area contributed by atoms with Crippen LogP contribution in [0.25, 0.3) is 0 Å². The molecule has 0 radical (unpaired) electrons. The fourth-order valence-corrected chi connectivity index (χ4v) is 5.19. The van der Waals surface area contributed by atoms with Gasteiger partial charge in [-0.25, -0.2) is 0 Å². The number of carbonyl (C=O) groups is 2. The molecular weight excluding hydrogens is 414 g/mol. The normalized spacial score (nSPS) is 20.3. The molecule has 1 saturated carbocycles. The van der Waals surface area contributed by atoms with E-state index in [1.807, 2.05) is 37.3 Å². The Morgan fingerprint density at radius 1 is 1.12 bits per heavy atom. The SMILES string of the molecule is CCOc1ccc(CN2CCNC(=O)C2CC(=O)NCC2(c3ccccc3)CCCC2)cc1. The zero-order valence-corrected chi connectivity index (χ0v) is 19.5. The number of benzene rings is 2. The molecule has 0 bridgehead atoms. The van der Waals surface area contributed by atoms with E-state index in [9.17, 15) is 9.59 Å². The largest absolute Gasteiger partial charge is 0.494 e. The first-order valence-electron chi connectivity index (χ1n) is 12.2. The zero-order valence-electron chi connectivity index (χ0n) is 19.5. The first kappa shape index (κ1) is 23.3. The van der Waals surface area contributed by atoms with E-state index in [0.717, 1.165) is 30.7 Å². The second-order valence-electron chi connectivity index (χ2n) is 9.19. The van der Waals surface area contributed by atoms with E-state index in [1.165, 1.54) is 18.4 Å². The van der Waals surface area contributed by atoms with Crippen molar-refractivity contribution in [3.63, 3.8) is 0 Å². The average Bonchev–Trinajstić information content (AvgIpc) is 3.32. The molecule has 2 aliphatic rings. The summed E-state index contributed by atoms with van der Waals surface area (Å²) in [6.07, 6.45) is 4.72. The predicted molar refractivity (Wildman–Crippen MR) is 129 cm³/mol. The summed E-state index contributed by atoms with van der Waals surface area (Å²) in [5, 5.41) is 6.10. The van der Waals surface area contributed by atoms with E-state index < -0.39 is 6.04 Å². The van der Waals surface area contributed by atoms with Gasteiger partial charge in [-0.05, 0) is 43.0 Å². The smallest absolute Gasteiger partial charge is 0.237 e. The van der Waals surface area contributed by atoms with Crippen molar-refractivity contribution in [2.75, 3.05) is 26.2 Å². The highest BCUT2D eigenvalue weighted by atomic mass is 16.5. The number of nitrogens with one attached hydrogen (secondary N) is 2. The van der Waals surface area contributed by atoms with E-state index in [1.54, 1.807) is 0 Å². The van der Waals surface area contributed by atoms with Crippen molar-refractivity contribution >= 4 is 11.8 Å². The van der Waals surface area contributed by atoms with Gasteiger partial charge in [-0.2, -0.15) is 0 Å². The number of carbonyl (C=O) groups excluding carboxylic acids is 2. The molecular formula is C27H35N3O3. The van der Waals surface area contributed by atoms with Crippen LogP contribution in [0.3, 0.4) is 0 Å². The van der Waals surface area contributed by atoms with Gasteiger partial charge in [0.05, 0.1) is 19.1 Å². The Labute approximate surface area is 196 Å². The minimum Gasteiger partial charge on any atom is -0.494 e. The van der Waals surface area contributed by atoms with Gasteiger partial charge in [0.15, 0.2) is 0 Å². The van der Waals surface area contributed by atoms with Gasteiger partial charge in [0, 0.05) is 31.6 Å². The van der Waals surface area contributed by atoms with Gasteiger partial charge in [0.25, 0.3) is 0 Å². The van der Waals surface area contributed by atoms with Gasteiger partial charge in [-0.15, -0.1) is 0 Å². The Morgan fingerprint density at radius 3 is 2.55 bits per heavy atom. The number of piperazine rings is 1. The first-order valence-corrected chi connectivity index (χ1v) is 12.2. The number of ether oxygens (including phenoxy) is 1. The summed E-state index contributed by atoms with van der Waals surface area (Å²) in [5.41, 5.74) is 2.41. The first-order chi connectivity index (χ1) is 16.1. The van der Waals surface area contributed by atoms with Crippen molar-refractivity contribution in [1.29, 1.82) is 0 Å². The van der Waals surface area contributed by atoms with Crippen LogP contribution < -0.4 is 15.4 Å². The zero-order chi connectivity index (χ0) is 23.1. The Kier molecular flexibility index (Phi) is 7.65. The summed E-state index contributed by atoms with van der Waals surface area (Å²) in [6.45, 7) is 5.18. The fourth-order valence-electron chi connectivity index (χ4n) is 5.19. The van der Waals surface area contributed by atoms with E-state index in [2.05, 4.69) is 39.8 Å². The Morgan fingerprint density at radius 2 is 1.85 bits per heavy atom. The van der Waals surface area contributed by atoms with Gasteiger partial charge >= 0.3 is 0 Å². The van der Waals surface area contributed by atoms with E-state index in [4.69, 9.17) is 4.74 Å². The van der Waals surface area contributed by atoms with Crippen LogP contribution in [0.2, 0.25) is 0 Å². The molecule has 2 amide bonds. The number of rotatable bonds is 9. The maximum Gasteiger partial charge on any atom is 0.237 e. The van der Waals surface area contributed by atoms with Crippen LogP contribution in [-0.2, 0) is 21.5 Å². The third-order valence-corrected chi connectivity index (χ3v) is 7.01. The molecule has 1 saturated heterocycles. The number of nitrogens with zero attached hydrogens (tertiary/aromatic N) is 1. The topological polar surface area (TPSA) is 70.7 Å². The standard InChI is InChI=1S/C27H35N3O3/c1-2-33-23-12-10-21(11-13-23)19-30-17-16-28-26(32)24(30)18-25(31)29-20-27(14-6-7-15-27)22-8-4-3-5-9-22/h3-5,8-13,24H,2,6-7,14-20H2,1H3,(H,28,32)(H,29,31). The molecule has 33 heavy (non-hydrogen) atoms. The third-order valence-electron chi connectivity index (χ3n) is 7.01. The Balaban J connectivity index is 1.38. The van der Waals surface area contributed by atoms with E-state index in [-0.39, 0.29) is 23.7 Å². The van der Waals surface area contributed by atoms with Crippen LogP contribution >= 0.6 is 0 Å². The molecule has 0 aromatic heterocycles. The highest BCUT2D eigenvalue weighted by Gasteiger charge is 2.37. The van der Waals surface area contributed by atoms with E-state index >= 15 is 0 Å². The third kappa shape index (κ3) is 5.74. The Hall–Kier alpha value is -2.86. The molecule has 6 heteroatoms. The maximum absolute atomic E-state index is 13.0. The molecule has 176 valence electrons. The molecule has 2 aromatic rings. The van der Waals surface area contributed by atoms with Gasteiger partial charge < -0.3 is 15.4 Å². The van der Waals surface area contributed by atoms with Crippen molar-refractivity contribution in [3.05, 3.63) is 65.7 Å². The van der Waals surface area contributed by atoms with Gasteiger partial charge in [-0.1, -0.05) is 55.3 Å². The van der Waals surface area contributed by atoms with Crippen molar-refractivity contribution in [3.8, 4) is 5.75 Å². The Bertz CT molecular complexity index is 923. The predicted octanol–water partition coefficient (Wildman–Crippen LogP) is 3.40. The summed E-state index contributed by atoms with van der Waals surface area (Å²) in [4.78, 5) is 27.7. The fraction of sp³-hybridized carbons (Fsp3) is 0.481. The average molecular weight is 450 g/mol. The number of hydrogen-bond donors (Lipinski definition) is 2. The minimum absolute atomic E-state index is 0.00768. The second-order valence-corrected chi connectivity index (χ2v) is 9.19. The maximum atomic E-state index is 13.0.